The van der Waals surface area contributed by atoms with Gasteiger partial charge >= 0.3 is 0 Å². The van der Waals surface area contributed by atoms with Gasteiger partial charge in [-0.05, 0) is 30.9 Å². The Kier molecular flexibility index (Phi) is 4.74. The highest BCUT2D eigenvalue weighted by Gasteiger charge is 2.14. The summed E-state index contributed by atoms with van der Waals surface area (Å²) in [5.74, 6) is 1.02. The third-order valence-corrected chi connectivity index (χ3v) is 4.15. The largest absolute Gasteiger partial charge is 0.392 e. The maximum Gasteiger partial charge on any atom is 0.122 e. The van der Waals surface area contributed by atoms with Crippen molar-refractivity contribution in [3.05, 3.63) is 40.1 Å². The summed E-state index contributed by atoms with van der Waals surface area (Å²) in [6.45, 7) is 6.23. The van der Waals surface area contributed by atoms with Crippen LogP contribution in [0.4, 0.5) is 0 Å². The van der Waals surface area contributed by atoms with Crippen molar-refractivity contribution in [1.82, 2.24) is 14.5 Å². The SMILES string of the molecule is Cc1ccsc1CN(Cc1nccn1C)CC(C)O. The Morgan fingerprint density at radius 2 is 2.26 bits per heavy atom. The molecule has 0 bridgehead atoms. The summed E-state index contributed by atoms with van der Waals surface area (Å²) < 4.78 is 2.02. The van der Waals surface area contributed by atoms with Crippen molar-refractivity contribution >= 4 is 11.3 Å². The van der Waals surface area contributed by atoms with Crippen LogP contribution in [-0.2, 0) is 20.1 Å². The first-order chi connectivity index (χ1) is 9.06. The van der Waals surface area contributed by atoms with Crippen LogP contribution >= 0.6 is 11.3 Å². The third-order valence-electron chi connectivity index (χ3n) is 3.14. The van der Waals surface area contributed by atoms with Gasteiger partial charge in [-0.2, -0.15) is 0 Å². The molecule has 1 atom stereocenters. The minimum Gasteiger partial charge on any atom is -0.392 e. The lowest BCUT2D eigenvalue weighted by Crippen LogP contribution is -2.31. The van der Waals surface area contributed by atoms with Crippen molar-refractivity contribution in [3.8, 4) is 0 Å². The van der Waals surface area contributed by atoms with Gasteiger partial charge in [-0.15, -0.1) is 11.3 Å². The lowest BCUT2D eigenvalue weighted by molar-refractivity contribution is 0.116. The number of imidazole rings is 1. The van der Waals surface area contributed by atoms with Crippen molar-refractivity contribution in [2.45, 2.75) is 33.0 Å². The number of hydrogen-bond donors (Lipinski definition) is 1. The molecule has 1 N–H and O–H groups in total. The lowest BCUT2D eigenvalue weighted by Gasteiger charge is -2.23. The smallest absolute Gasteiger partial charge is 0.122 e. The van der Waals surface area contributed by atoms with E-state index in [4.69, 9.17) is 0 Å². The Balaban J connectivity index is 2.08. The molecule has 0 amide bonds. The van der Waals surface area contributed by atoms with Gasteiger partial charge in [0, 0.05) is 37.4 Å². The third kappa shape index (κ3) is 3.89. The molecule has 104 valence electrons. The molecule has 4 nitrogen and oxygen atoms in total. The molecule has 2 heterocycles. The second kappa shape index (κ2) is 6.32. The van der Waals surface area contributed by atoms with Crippen molar-refractivity contribution in [2.75, 3.05) is 6.54 Å². The van der Waals surface area contributed by atoms with Crippen molar-refractivity contribution < 1.29 is 5.11 Å². The van der Waals surface area contributed by atoms with Gasteiger partial charge in [0.15, 0.2) is 0 Å². The number of aliphatic hydroxyl groups is 1. The maximum absolute atomic E-state index is 9.65. The second-order valence-electron chi connectivity index (χ2n) is 5.00. The molecule has 5 heteroatoms. The molecule has 0 saturated heterocycles. The monoisotopic (exact) mass is 279 g/mol. The minimum atomic E-state index is -0.333. The Bertz CT molecular complexity index is 476. The van der Waals surface area contributed by atoms with E-state index in [1.165, 1.54) is 10.4 Å². The van der Waals surface area contributed by atoms with Crippen LogP contribution in [0.1, 0.15) is 23.2 Å². The zero-order valence-corrected chi connectivity index (χ0v) is 12.5. The summed E-state index contributed by atoms with van der Waals surface area (Å²) in [5, 5.41) is 11.8. The highest BCUT2D eigenvalue weighted by molar-refractivity contribution is 7.10. The van der Waals surface area contributed by atoms with E-state index < -0.39 is 0 Å². The van der Waals surface area contributed by atoms with Crippen LogP contribution in [0.5, 0.6) is 0 Å². The molecule has 0 radical (unpaired) electrons. The Morgan fingerprint density at radius 1 is 1.47 bits per heavy atom. The van der Waals surface area contributed by atoms with Gasteiger partial charge < -0.3 is 9.67 Å². The van der Waals surface area contributed by atoms with E-state index >= 15 is 0 Å². The van der Waals surface area contributed by atoms with E-state index in [-0.39, 0.29) is 6.10 Å². The van der Waals surface area contributed by atoms with E-state index in [0.717, 1.165) is 18.9 Å². The fourth-order valence-corrected chi connectivity index (χ4v) is 3.02. The average Bonchev–Trinajstić information content (AvgIpc) is 2.89. The number of aryl methyl sites for hydroxylation is 2. The molecule has 0 fully saturated rings. The van der Waals surface area contributed by atoms with E-state index in [0.29, 0.717) is 6.54 Å². The molecule has 19 heavy (non-hydrogen) atoms. The van der Waals surface area contributed by atoms with Crippen LogP contribution in [0.3, 0.4) is 0 Å². The number of thiophene rings is 1. The molecule has 1 unspecified atom stereocenters. The molecule has 0 saturated carbocycles. The summed E-state index contributed by atoms with van der Waals surface area (Å²) in [5.41, 5.74) is 1.32. The Labute approximate surface area is 118 Å². The van der Waals surface area contributed by atoms with Crippen LogP contribution < -0.4 is 0 Å². The summed E-state index contributed by atoms with van der Waals surface area (Å²) in [7, 11) is 2.00. The van der Waals surface area contributed by atoms with Gasteiger partial charge in [0.25, 0.3) is 0 Å². The van der Waals surface area contributed by atoms with Crippen LogP contribution in [0.25, 0.3) is 0 Å². The lowest BCUT2D eigenvalue weighted by atomic mass is 10.2. The van der Waals surface area contributed by atoms with Crippen molar-refractivity contribution in [1.29, 1.82) is 0 Å². The molecule has 0 aliphatic carbocycles. The minimum absolute atomic E-state index is 0.333. The summed E-state index contributed by atoms with van der Waals surface area (Å²) in [4.78, 5) is 7.96. The first-order valence-corrected chi connectivity index (χ1v) is 7.34. The van der Waals surface area contributed by atoms with Crippen LogP contribution in [0, 0.1) is 6.92 Å². The van der Waals surface area contributed by atoms with E-state index in [9.17, 15) is 5.11 Å². The van der Waals surface area contributed by atoms with Gasteiger partial charge in [-0.1, -0.05) is 0 Å². The topological polar surface area (TPSA) is 41.3 Å². The average molecular weight is 279 g/mol. The maximum atomic E-state index is 9.65. The Morgan fingerprint density at radius 3 is 2.79 bits per heavy atom. The highest BCUT2D eigenvalue weighted by Crippen LogP contribution is 2.19. The number of rotatable bonds is 6. The number of aliphatic hydroxyl groups excluding tert-OH is 1. The fourth-order valence-electron chi connectivity index (χ4n) is 2.08. The van der Waals surface area contributed by atoms with Gasteiger partial charge in [0.2, 0.25) is 0 Å². The first kappa shape index (κ1) is 14.2. The fraction of sp³-hybridized carbons (Fsp3) is 0.500. The van der Waals surface area contributed by atoms with Crippen LogP contribution in [0.2, 0.25) is 0 Å². The van der Waals surface area contributed by atoms with Gasteiger partial charge in [0.05, 0.1) is 12.6 Å². The molecule has 2 rings (SSSR count). The summed E-state index contributed by atoms with van der Waals surface area (Å²) in [6, 6.07) is 2.14. The molecule has 0 spiro atoms. The van der Waals surface area contributed by atoms with E-state index in [1.54, 1.807) is 11.3 Å². The zero-order chi connectivity index (χ0) is 13.8. The highest BCUT2D eigenvalue weighted by atomic mass is 32.1. The number of aromatic nitrogens is 2. The molecular weight excluding hydrogens is 258 g/mol. The van der Waals surface area contributed by atoms with Gasteiger partial charge in [-0.3, -0.25) is 4.90 Å². The number of nitrogens with zero attached hydrogens (tertiary/aromatic N) is 3. The predicted molar refractivity (Wildman–Crippen MR) is 78.1 cm³/mol. The van der Waals surface area contributed by atoms with Crippen molar-refractivity contribution in [3.63, 3.8) is 0 Å². The quantitative estimate of drug-likeness (QED) is 0.881. The first-order valence-electron chi connectivity index (χ1n) is 6.46. The molecule has 0 aliphatic rings. The molecule has 2 aromatic rings. The van der Waals surface area contributed by atoms with Gasteiger partial charge in [0.1, 0.15) is 5.82 Å². The summed E-state index contributed by atoms with van der Waals surface area (Å²) in [6.07, 6.45) is 3.43. The standard InChI is InChI=1S/C14H21N3OS/c1-11-4-7-19-13(11)9-17(8-12(2)18)10-14-15-5-6-16(14)3/h4-7,12,18H,8-10H2,1-3H3. The van der Waals surface area contributed by atoms with Crippen LogP contribution in [-0.4, -0.2) is 32.2 Å². The van der Waals surface area contributed by atoms with Crippen molar-refractivity contribution in [2.24, 2.45) is 7.05 Å². The molecule has 0 aromatic carbocycles. The van der Waals surface area contributed by atoms with Gasteiger partial charge in [-0.25, -0.2) is 4.98 Å². The zero-order valence-electron chi connectivity index (χ0n) is 11.7. The molecule has 2 aromatic heterocycles. The molecule has 0 aliphatic heterocycles. The summed E-state index contributed by atoms with van der Waals surface area (Å²) >= 11 is 1.77. The number of hydrogen-bond acceptors (Lipinski definition) is 4. The van der Waals surface area contributed by atoms with E-state index in [2.05, 4.69) is 28.3 Å². The molecular formula is C14H21N3OS. The van der Waals surface area contributed by atoms with E-state index in [1.807, 2.05) is 30.9 Å². The normalized spacial score (nSPS) is 13.1. The predicted octanol–water partition coefficient (Wildman–Crippen LogP) is 2.17. The Hall–Kier alpha value is -1.17. The van der Waals surface area contributed by atoms with Crippen LogP contribution in [0.15, 0.2) is 23.8 Å². The second-order valence-corrected chi connectivity index (χ2v) is 6.00.